The quantitative estimate of drug-likeness (QED) is 0.711. The number of Topliss-reactive ketones (excluding diaryl/α,β-unsaturated/α-hetero) is 1. The molecule has 1 saturated heterocycles. The summed E-state index contributed by atoms with van der Waals surface area (Å²) in [6.45, 7) is 7.44. The molecule has 6 nitrogen and oxygen atoms in total. The van der Waals surface area contributed by atoms with Crippen molar-refractivity contribution in [2.45, 2.75) is 69.5 Å². The second-order valence-electron chi connectivity index (χ2n) is 6.59. The van der Waals surface area contributed by atoms with Crippen LogP contribution in [0.25, 0.3) is 0 Å². The van der Waals surface area contributed by atoms with E-state index in [1.807, 2.05) is 27.7 Å². The van der Waals surface area contributed by atoms with Crippen molar-refractivity contribution in [3.63, 3.8) is 0 Å². The first kappa shape index (κ1) is 15.4. The first-order valence-corrected chi connectivity index (χ1v) is 6.71. The summed E-state index contributed by atoms with van der Waals surface area (Å²) in [6.07, 6.45) is -1.71. The Labute approximate surface area is 118 Å². The summed E-state index contributed by atoms with van der Waals surface area (Å²) in [5.74, 6) is -1.15. The number of hydrogen-bond acceptors (Lipinski definition) is 6. The first-order valence-electron chi connectivity index (χ1n) is 6.71. The number of esters is 1. The number of aliphatic hydroxyl groups is 1. The number of carbonyl (C=O) groups is 2. The van der Waals surface area contributed by atoms with Gasteiger partial charge < -0.3 is 19.3 Å². The number of hydrogen-bond donors (Lipinski definition) is 1. The molecule has 1 N–H and O–H groups in total. The number of ether oxygens (including phenoxy) is 3. The van der Waals surface area contributed by atoms with Crippen LogP contribution in [0.4, 0.5) is 0 Å². The predicted molar refractivity (Wildman–Crippen MR) is 69.1 cm³/mol. The maximum absolute atomic E-state index is 12.2. The zero-order valence-corrected chi connectivity index (χ0v) is 12.6. The van der Waals surface area contributed by atoms with Gasteiger partial charge in [-0.15, -0.1) is 0 Å². The summed E-state index contributed by atoms with van der Waals surface area (Å²) in [4.78, 5) is 23.9. The zero-order valence-electron chi connectivity index (χ0n) is 12.6. The lowest BCUT2D eigenvalue weighted by molar-refractivity contribution is -0.300. The van der Waals surface area contributed by atoms with E-state index in [1.54, 1.807) is 0 Å². The van der Waals surface area contributed by atoms with Crippen LogP contribution < -0.4 is 0 Å². The molecule has 1 heterocycles. The molecule has 2 aliphatic rings. The summed E-state index contributed by atoms with van der Waals surface area (Å²) < 4.78 is 16.4. The minimum atomic E-state index is -1.83. The van der Waals surface area contributed by atoms with Crippen molar-refractivity contribution < 1.29 is 28.9 Å². The van der Waals surface area contributed by atoms with Gasteiger partial charge in [-0.3, -0.25) is 4.79 Å². The Morgan fingerprint density at radius 2 is 1.80 bits per heavy atom. The van der Waals surface area contributed by atoms with Crippen molar-refractivity contribution in [3.05, 3.63) is 0 Å². The van der Waals surface area contributed by atoms with Crippen molar-refractivity contribution >= 4 is 11.8 Å². The molecule has 0 spiro atoms. The third kappa shape index (κ3) is 2.25. The summed E-state index contributed by atoms with van der Waals surface area (Å²) >= 11 is 0. The van der Waals surface area contributed by atoms with Gasteiger partial charge in [-0.2, -0.15) is 0 Å². The van der Waals surface area contributed by atoms with Crippen LogP contribution in [-0.2, 0) is 23.8 Å². The largest absolute Gasteiger partial charge is 0.467 e. The van der Waals surface area contributed by atoms with Crippen LogP contribution in [0.2, 0.25) is 0 Å². The van der Waals surface area contributed by atoms with Crippen LogP contribution in [0.15, 0.2) is 0 Å². The highest BCUT2D eigenvalue weighted by atomic mass is 16.6. The SMILES string of the molecule is COC(=O)C1(O)CC(=O)C2OC(C)(C)C(C)(C)OC2C1. The molecule has 1 aliphatic carbocycles. The van der Waals surface area contributed by atoms with Crippen molar-refractivity contribution in [2.75, 3.05) is 7.11 Å². The standard InChI is InChI=1S/C14H22O6/c1-12(2)13(3,4)20-10-8(15)6-14(17,11(16)18-5)7-9(10)19-12/h9-10,17H,6-7H2,1-5H3. The Balaban J connectivity index is 2.28. The second kappa shape index (κ2) is 4.51. The van der Waals surface area contributed by atoms with Crippen molar-refractivity contribution in [1.82, 2.24) is 0 Å². The van der Waals surface area contributed by atoms with Gasteiger partial charge in [0.2, 0.25) is 0 Å². The Morgan fingerprint density at radius 3 is 2.35 bits per heavy atom. The highest BCUT2D eigenvalue weighted by Crippen LogP contribution is 2.43. The molecular formula is C14H22O6. The molecule has 0 aromatic heterocycles. The fourth-order valence-electron chi connectivity index (χ4n) is 2.68. The number of ketones is 1. The first-order chi connectivity index (χ1) is 9.02. The van der Waals surface area contributed by atoms with Gasteiger partial charge in [0.1, 0.15) is 6.10 Å². The van der Waals surface area contributed by atoms with Gasteiger partial charge in [-0.1, -0.05) is 0 Å². The number of carbonyl (C=O) groups excluding carboxylic acids is 2. The third-order valence-electron chi connectivity index (χ3n) is 4.54. The molecule has 0 bridgehead atoms. The molecule has 3 unspecified atom stereocenters. The van der Waals surface area contributed by atoms with E-state index < -0.39 is 35.0 Å². The van der Waals surface area contributed by atoms with Gasteiger partial charge in [0, 0.05) is 12.8 Å². The Hall–Kier alpha value is -0.980. The molecule has 0 aromatic carbocycles. The molecule has 6 heteroatoms. The monoisotopic (exact) mass is 286 g/mol. The zero-order chi connectivity index (χ0) is 15.3. The van der Waals surface area contributed by atoms with Crippen molar-refractivity contribution in [2.24, 2.45) is 0 Å². The molecule has 2 rings (SSSR count). The summed E-state index contributed by atoms with van der Waals surface area (Å²) in [7, 11) is 1.18. The van der Waals surface area contributed by atoms with Crippen LogP contribution in [0.5, 0.6) is 0 Å². The molecule has 3 atom stereocenters. The Kier molecular flexibility index (Phi) is 3.48. The van der Waals surface area contributed by atoms with E-state index in [0.717, 1.165) is 0 Å². The maximum Gasteiger partial charge on any atom is 0.338 e. The van der Waals surface area contributed by atoms with E-state index in [9.17, 15) is 14.7 Å². The maximum atomic E-state index is 12.2. The van der Waals surface area contributed by atoms with Gasteiger partial charge in [0.05, 0.1) is 24.4 Å². The van der Waals surface area contributed by atoms with E-state index >= 15 is 0 Å². The predicted octanol–water partition coefficient (Wildman–Crippen LogP) is 0.595. The second-order valence-corrected chi connectivity index (χ2v) is 6.59. The lowest BCUT2D eigenvalue weighted by Crippen LogP contribution is -2.67. The van der Waals surface area contributed by atoms with Crippen LogP contribution in [-0.4, -0.2) is 53.0 Å². The number of methoxy groups -OCH3 is 1. The average Bonchev–Trinajstić information content (AvgIpc) is 2.30. The highest BCUT2D eigenvalue weighted by Gasteiger charge is 2.58. The minimum Gasteiger partial charge on any atom is -0.467 e. The topological polar surface area (TPSA) is 82.1 Å². The smallest absolute Gasteiger partial charge is 0.338 e. The summed E-state index contributed by atoms with van der Waals surface area (Å²) in [5.41, 5.74) is -3.10. The lowest BCUT2D eigenvalue weighted by atomic mass is 9.77. The molecule has 2 fully saturated rings. The molecule has 1 saturated carbocycles. The molecule has 0 radical (unpaired) electrons. The van der Waals surface area contributed by atoms with Crippen LogP contribution in [0.1, 0.15) is 40.5 Å². The van der Waals surface area contributed by atoms with Crippen LogP contribution >= 0.6 is 0 Å². The molecule has 0 amide bonds. The van der Waals surface area contributed by atoms with E-state index in [-0.39, 0.29) is 18.6 Å². The Morgan fingerprint density at radius 1 is 1.25 bits per heavy atom. The van der Waals surface area contributed by atoms with Gasteiger partial charge in [0.15, 0.2) is 11.4 Å². The average molecular weight is 286 g/mol. The van der Waals surface area contributed by atoms with Crippen LogP contribution in [0.3, 0.4) is 0 Å². The number of rotatable bonds is 1. The lowest BCUT2D eigenvalue weighted by Gasteiger charge is -2.53. The van der Waals surface area contributed by atoms with Gasteiger partial charge in [-0.05, 0) is 27.7 Å². The van der Waals surface area contributed by atoms with Gasteiger partial charge >= 0.3 is 5.97 Å². The molecule has 1 aliphatic heterocycles. The summed E-state index contributed by atoms with van der Waals surface area (Å²) in [6, 6.07) is 0. The van der Waals surface area contributed by atoms with Gasteiger partial charge in [-0.25, -0.2) is 4.79 Å². The molecule has 20 heavy (non-hydrogen) atoms. The van der Waals surface area contributed by atoms with Crippen molar-refractivity contribution in [3.8, 4) is 0 Å². The van der Waals surface area contributed by atoms with E-state index in [1.165, 1.54) is 7.11 Å². The molecule has 114 valence electrons. The minimum absolute atomic E-state index is 0.00437. The fraction of sp³-hybridized carbons (Fsp3) is 0.857. The summed E-state index contributed by atoms with van der Waals surface area (Å²) in [5, 5.41) is 10.3. The third-order valence-corrected chi connectivity index (χ3v) is 4.54. The normalized spacial score (nSPS) is 39.0. The van der Waals surface area contributed by atoms with Crippen LogP contribution in [0, 0.1) is 0 Å². The number of fused-ring (bicyclic) bond motifs is 1. The van der Waals surface area contributed by atoms with E-state index in [2.05, 4.69) is 4.74 Å². The fourth-order valence-corrected chi connectivity index (χ4v) is 2.68. The highest BCUT2D eigenvalue weighted by molar-refractivity contribution is 5.93. The van der Waals surface area contributed by atoms with Gasteiger partial charge in [0.25, 0.3) is 0 Å². The Bertz CT molecular complexity index is 441. The molecule has 0 aromatic rings. The molecular weight excluding hydrogens is 264 g/mol. The van der Waals surface area contributed by atoms with E-state index in [0.29, 0.717) is 0 Å². The van der Waals surface area contributed by atoms with E-state index in [4.69, 9.17) is 9.47 Å². The van der Waals surface area contributed by atoms with Crippen molar-refractivity contribution in [1.29, 1.82) is 0 Å².